The third kappa shape index (κ3) is 3.07. The molecule has 0 fully saturated rings. The molecule has 0 aliphatic heterocycles. The molecule has 0 bridgehead atoms. The van der Waals surface area contributed by atoms with E-state index in [1.807, 2.05) is 18.2 Å². The van der Waals surface area contributed by atoms with E-state index in [9.17, 15) is 0 Å². The molecule has 0 aliphatic rings. The van der Waals surface area contributed by atoms with Crippen LogP contribution in [0.15, 0.2) is 36.4 Å². The Labute approximate surface area is 125 Å². The van der Waals surface area contributed by atoms with Gasteiger partial charge in [0.15, 0.2) is 0 Å². The molecule has 0 heterocycles. The van der Waals surface area contributed by atoms with Crippen LogP contribution in [-0.4, -0.2) is 14.2 Å². The molecule has 3 heteroatoms. The maximum atomic E-state index is 6.60. The summed E-state index contributed by atoms with van der Waals surface area (Å²) in [4.78, 5) is 0. The fourth-order valence-corrected chi connectivity index (χ4v) is 2.35. The highest BCUT2D eigenvalue weighted by molar-refractivity contribution is 6.22. The van der Waals surface area contributed by atoms with Crippen molar-refractivity contribution in [2.75, 3.05) is 14.2 Å². The molecular weight excluding hydrogens is 272 g/mol. The van der Waals surface area contributed by atoms with E-state index in [2.05, 4.69) is 32.0 Å². The fourth-order valence-electron chi connectivity index (χ4n) is 2.09. The van der Waals surface area contributed by atoms with Gasteiger partial charge in [-0.15, -0.1) is 11.6 Å². The summed E-state index contributed by atoms with van der Waals surface area (Å²) in [7, 11) is 3.27. The molecule has 0 saturated carbocycles. The van der Waals surface area contributed by atoms with Crippen LogP contribution < -0.4 is 9.47 Å². The fraction of sp³-hybridized carbons (Fsp3) is 0.294. The number of hydrogen-bond acceptors (Lipinski definition) is 2. The lowest BCUT2D eigenvalue weighted by molar-refractivity contribution is 0.393. The molecule has 1 unspecified atom stereocenters. The van der Waals surface area contributed by atoms with Crippen LogP contribution in [0.4, 0.5) is 0 Å². The quantitative estimate of drug-likeness (QED) is 0.763. The average molecular weight is 291 g/mol. The lowest BCUT2D eigenvalue weighted by Crippen LogP contribution is -1.97. The minimum atomic E-state index is -0.224. The number of alkyl halides is 1. The van der Waals surface area contributed by atoms with Crippen LogP contribution in [0.3, 0.4) is 0 Å². The summed E-state index contributed by atoms with van der Waals surface area (Å²) in [5.41, 5.74) is 4.54. The van der Waals surface area contributed by atoms with Crippen LogP contribution in [0.1, 0.15) is 27.6 Å². The predicted octanol–water partition coefficient (Wildman–Crippen LogP) is 4.65. The number of methoxy groups -OCH3 is 2. The van der Waals surface area contributed by atoms with Crippen LogP contribution in [0.5, 0.6) is 11.5 Å². The van der Waals surface area contributed by atoms with Crippen LogP contribution in [-0.2, 0) is 0 Å². The molecule has 106 valence electrons. The Hall–Kier alpha value is -1.67. The van der Waals surface area contributed by atoms with Crippen molar-refractivity contribution in [3.63, 3.8) is 0 Å². The standard InChI is InChI=1S/C17H19ClO2/c1-11-5-6-13(7-12(11)2)17(18)14-8-15(19-3)10-16(9-14)20-4/h5-10,17H,1-4H3. The Morgan fingerprint density at radius 1 is 0.800 bits per heavy atom. The zero-order valence-corrected chi connectivity index (χ0v) is 13.0. The first-order valence-electron chi connectivity index (χ1n) is 6.49. The lowest BCUT2D eigenvalue weighted by atomic mass is 9.99. The zero-order valence-electron chi connectivity index (χ0n) is 12.2. The number of ether oxygens (including phenoxy) is 2. The van der Waals surface area contributed by atoms with Crippen molar-refractivity contribution in [1.82, 2.24) is 0 Å². The van der Waals surface area contributed by atoms with E-state index in [1.165, 1.54) is 11.1 Å². The van der Waals surface area contributed by atoms with Crippen LogP contribution in [0, 0.1) is 13.8 Å². The van der Waals surface area contributed by atoms with Gasteiger partial charge in [-0.3, -0.25) is 0 Å². The Balaban J connectivity index is 2.41. The third-order valence-corrected chi connectivity index (χ3v) is 3.99. The van der Waals surface area contributed by atoms with Gasteiger partial charge in [-0.1, -0.05) is 18.2 Å². The van der Waals surface area contributed by atoms with E-state index < -0.39 is 0 Å². The van der Waals surface area contributed by atoms with Gasteiger partial charge in [-0.25, -0.2) is 0 Å². The summed E-state index contributed by atoms with van der Waals surface area (Å²) in [6, 6.07) is 12.0. The zero-order chi connectivity index (χ0) is 14.7. The van der Waals surface area contributed by atoms with Gasteiger partial charge in [0.1, 0.15) is 11.5 Å². The topological polar surface area (TPSA) is 18.5 Å². The highest BCUT2D eigenvalue weighted by Crippen LogP contribution is 2.34. The SMILES string of the molecule is COc1cc(OC)cc(C(Cl)c2ccc(C)c(C)c2)c1. The van der Waals surface area contributed by atoms with E-state index in [4.69, 9.17) is 21.1 Å². The Kier molecular flexibility index (Phi) is 4.56. The molecule has 0 spiro atoms. The van der Waals surface area contributed by atoms with Gasteiger partial charge in [0.2, 0.25) is 0 Å². The number of hydrogen-bond donors (Lipinski definition) is 0. The average Bonchev–Trinajstić information content (AvgIpc) is 2.48. The van der Waals surface area contributed by atoms with Crippen molar-refractivity contribution >= 4 is 11.6 Å². The van der Waals surface area contributed by atoms with Gasteiger partial charge in [0.05, 0.1) is 19.6 Å². The van der Waals surface area contributed by atoms with E-state index in [1.54, 1.807) is 14.2 Å². The van der Waals surface area contributed by atoms with Crippen LogP contribution in [0.2, 0.25) is 0 Å². The minimum Gasteiger partial charge on any atom is -0.497 e. The van der Waals surface area contributed by atoms with Crippen LogP contribution >= 0.6 is 11.6 Å². The molecule has 0 saturated heterocycles. The number of aryl methyl sites for hydroxylation is 2. The largest absolute Gasteiger partial charge is 0.497 e. The molecule has 0 radical (unpaired) electrons. The summed E-state index contributed by atoms with van der Waals surface area (Å²) in [6.07, 6.45) is 0. The first-order valence-corrected chi connectivity index (χ1v) is 6.93. The van der Waals surface area contributed by atoms with Crippen LogP contribution in [0.25, 0.3) is 0 Å². The molecule has 0 N–H and O–H groups in total. The van der Waals surface area contributed by atoms with Crippen molar-refractivity contribution in [3.05, 3.63) is 58.7 Å². The Bertz CT molecular complexity index is 586. The van der Waals surface area contributed by atoms with Crippen molar-refractivity contribution < 1.29 is 9.47 Å². The number of benzene rings is 2. The molecule has 20 heavy (non-hydrogen) atoms. The molecule has 0 amide bonds. The third-order valence-electron chi connectivity index (χ3n) is 3.49. The molecule has 0 aromatic heterocycles. The number of halogens is 1. The second-order valence-electron chi connectivity index (χ2n) is 4.85. The monoisotopic (exact) mass is 290 g/mol. The number of rotatable bonds is 4. The molecule has 2 aromatic carbocycles. The molecule has 1 atom stereocenters. The van der Waals surface area contributed by atoms with Crippen molar-refractivity contribution in [3.8, 4) is 11.5 Å². The van der Waals surface area contributed by atoms with Crippen molar-refractivity contribution in [2.24, 2.45) is 0 Å². The van der Waals surface area contributed by atoms with Gasteiger partial charge < -0.3 is 9.47 Å². The second-order valence-corrected chi connectivity index (χ2v) is 5.29. The molecule has 0 aliphatic carbocycles. The second kappa shape index (κ2) is 6.19. The maximum Gasteiger partial charge on any atom is 0.122 e. The normalized spacial score (nSPS) is 12.1. The van der Waals surface area contributed by atoms with Gasteiger partial charge >= 0.3 is 0 Å². The van der Waals surface area contributed by atoms with Gasteiger partial charge in [0.25, 0.3) is 0 Å². The first kappa shape index (κ1) is 14.7. The molecule has 2 nitrogen and oxygen atoms in total. The maximum absolute atomic E-state index is 6.60. The Morgan fingerprint density at radius 2 is 1.40 bits per heavy atom. The van der Waals surface area contributed by atoms with Crippen molar-refractivity contribution in [2.45, 2.75) is 19.2 Å². The first-order chi connectivity index (χ1) is 9.55. The molecular formula is C17H19ClO2. The van der Waals surface area contributed by atoms with Gasteiger partial charge in [-0.05, 0) is 48.2 Å². The van der Waals surface area contributed by atoms with E-state index in [0.717, 1.165) is 22.6 Å². The van der Waals surface area contributed by atoms with Gasteiger partial charge in [0, 0.05) is 6.07 Å². The summed E-state index contributed by atoms with van der Waals surface area (Å²) in [5.74, 6) is 1.49. The lowest BCUT2D eigenvalue weighted by Gasteiger charge is -2.15. The summed E-state index contributed by atoms with van der Waals surface area (Å²) >= 11 is 6.60. The predicted molar refractivity (Wildman–Crippen MR) is 83.2 cm³/mol. The smallest absolute Gasteiger partial charge is 0.122 e. The van der Waals surface area contributed by atoms with E-state index in [0.29, 0.717) is 0 Å². The van der Waals surface area contributed by atoms with E-state index in [-0.39, 0.29) is 5.38 Å². The summed E-state index contributed by atoms with van der Waals surface area (Å²) < 4.78 is 10.6. The molecule has 2 aromatic rings. The Morgan fingerprint density at radius 3 is 1.90 bits per heavy atom. The van der Waals surface area contributed by atoms with Crippen molar-refractivity contribution in [1.29, 1.82) is 0 Å². The molecule has 2 rings (SSSR count). The highest BCUT2D eigenvalue weighted by Gasteiger charge is 2.14. The summed E-state index contributed by atoms with van der Waals surface area (Å²) in [5, 5.41) is -0.224. The van der Waals surface area contributed by atoms with E-state index >= 15 is 0 Å². The minimum absolute atomic E-state index is 0.224. The highest BCUT2D eigenvalue weighted by atomic mass is 35.5. The summed E-state index contributed by atoms with van der Waals surface area (Å²) in [6.45, 7) is 4.19. The van der Waals surface area contributed by atoms with Gasteiger partial charge in [-0.2, -0.15) is 0 Å².